The van der Waals surface area contributed by atoms with Gasteiger partial charge < -0.3 is 5.73 Å². The fraction of sp³-hybridized carbons (Fsp3) is 0.500. The molecule has 1 saturated carbocycles. The zero-order chi connectivity index (χ0) is 8.60. The van der Waals surface area contributed by atoms with E-state index in [1.54, 1.807) is 0 Å². The number of pyridine rings is 1. The minimum atomic E-state index is 0.117. The van der Waals surface area contributed by atoms with Crippen LogP contribution in [-0.2, 0) is 6.42 Å². The first-order valence-corrected chi connectivity index (χ1v) is 4.38. The van der Waals surface area contributed by atoms with Crippen LogP contribution in [0.5, 0.6) is 0 Å². The van der Waals surface area contributed by atoms with E-state index in [9.17, 15) is 0 Å². The first-order chi connectivity index (χ1) is 5.70. The second kappa shape index (κ2) is 2.56. The van der Waals surface area contributed by atoms with Gasteiger partial charge in [-0.15, -0.1) is 0 Å². The molecule has 0 atom stereocenters. The third-order valence-electron chi connectivity index (χ3n) is 2.57. The Morgan fingerprint density at radius 2 is 2.33 bits per heavy atom. The Hall–Kier alpha value is -0.890. The summed E-state index contributed by atoms with van der Waals surface area (Å²) in [5.41, 5.74) is 8.75. The van der Waals surface area contributed by atoms with Crippen LogP contribution in [0.15, 0.2) is 18.5 Å². The Morgan fingerprint density at radius 1 is 1.58 bits per heavy atom. The van der Waals surface area contributed by atoms with Crippen LogP contribution >= 0.6 is 0 Å². The number of rotatable bonds is 2. The van der Waals surface area contributed by atoms with Crippen LogP contribution in [0.3, 0.4) is 0 Å². The SMILES string of the molecule is Cc1cnccc1CC1(N)CC1. The van der Waals surface area contributed by atoms with Gasteiger partial charge in [0.05, 0.1) is 0 Å². The van der Waals surface area contributed by atoms with Crippen molar-refractivity contribution in [3.05, 3.63) is 29.6 Å². The molecule has 1 heterocycles. The Morgan fingerprint density at radius 3 is 2.92 bits per heavy atom. The molecule has 12 heavy (non-hydrogen) atoms. The molecule has 0 radical (unpaired) electrons. The summed E-state index contributed by atoms with van der Waals surface area (Å²) in [6.45, 7) is 2.09. The van der Waals surface area contributed by atoms with Crippen molar-refractivity contribution in [2.75, 3.05) is 0 Å². The van der Waals surface area contributed by atoms with Crippen LogP contribution < -0.4 is 5.73 Å². The van der Waals surface area contributed by atoms with Crippen molar-refractivity contribution in [3.8, 4) is 0 Å². The number of nitrogens with two attached hydrogens (primary N) is 1. The van der Waals surface area contributed by atoms with Crippen LogP contribution in [0.4, 0.5) is 0 Å². The van der Waals surface area contributed by atoms with Crippen LogP contribution in [0, 0.1) is 6.92 Å². The molecule has 0 saturated heterocycles. The lowest BCUT2D eigenvalue weighted by atomic mass is 10.0. The minimum absolute atomic E-state index is 0.117. The molecule has 2 N–H and O–H groups in total. The molecular weight excluding hydrogens is 148 g/mol. The lowest BCUT2D eigenvalue weighted by Gasteiger charge is -2.09. The van der Waals surface area contributed by atoms with Gasteiger partial charge in [0.15, 0.2) is 0 Å². The molecular formula is C10H14N2. The topological polar surface area (TPSA) is 38.9 Å². The summed E-state index contributed by atoms with van der Waals surface area (Å²) >= 11 is 0. The van der Waals surface area contributed by atoms with Gasteiger partial charge in [-0.1, -0.05) is 0 Å². The lowest BCUT2D eigenvalue weighted by molar-refractivity contribution is 0.669. The quantitative estimate of drug-likeness (QED) is 0.714. The van der Waals surface area contributed by atoms with Crippen molar-refractivity contribution < 1.29 is 0 Å². The first kappa shape index (κ1) is 7.74. The smallest absolute Gasteiger partial charge is 0.0299 e. The van der Waals surface area contributed by atoms with Gasteiger partial charge >= 0.3 is 0 Å². The zero-order valence-electron chi connectivity index (χ0n) is 7.38. The average molecular weight is 162 g/mol. The molecule has 2 rings (SSSR count). The van der Waals surface area contributed by atoms with Crippen LogP contribution in [0.2, 0.25) is 0 Å². The molecule has 1 aliphatic rings. The fourth-order valence-electron chi connectivity index (χ4n) is 1.42. The second-order valence-electron chi connectivity index (χ2n) is 3.84. The van der Waals surface area contributed by atoms with Gasteiger partial charge in [0, 0.05) is 17.9 Å². The van der Waals surface area contributed by atoms with Crippen LogP contribution in [0.1, 0.15) is 24.0 Å². The molecule has 0 spiro atoms. The van der Waals surface area contributed by atoms with Crippen LogP contribution in [0.25, 0.3) is 0 Å². The van der Waals surface area contributed by atoms with E-state index in [0.717, 1.165) is 6.42 Å². The van der Waals surface area contributed by atoms with Crippen molar-refractivity contribution >= 4 is 0 Å². The third kappa shape index (κ3) is 1.48. The van der Waals surface area contributed by atoms with Gasteiger partial charge in [0.25, 0.3) is 0 Å². The van der Waals surface area contributed by atoms with Crippen molar-refractivity contribution in [1.29, 1.82) is 0 Å². The zero-order valence-corrected chi connectivity index (χ0v) is 7.38. The van der Waals surface area contributed by atoms with Gasteiger partial charge in [-0.25, -0.2) is 0 Å². The van der Waals surface area contributed by atoms with E-state index in [4.69, 9.17) is 5.73 Å². The van der Waals surface area contributed by atoms with E-state index >= 15 is 0 Å². The molecule has 0 aliphatic heterocycles. The van der Waals surface area contributed by atoms with Gasteiger partial charge in [-0.05, 0) is 43.4 Å². The molecule has 0 bridgehead atoms. The number of aryl methyl sites for hydroxylation is 1. The highest BCUT2D eigenvalue weighted by molar-refractivity contribution is 5.25. The minimum Gasteiger partial charge on any atom is -0.325 e. The monoisotopic (exact) mass is 162 g/mol. The molecule has 2 nitrogen and oxygen atoms in total. The third-order valence-corrected chi connectivity index (χ3v) is 2.57. The van der Waals surface area contributed by atoms with Crippen molar-refractivity contribution in [2.24, 2.45) is 5.73 Å². The average Bonchev–Trinajstić information content (AvgIpc) is 2.74. The predicted octanol–water partition coefficient (Wildman–Crippen LogP) is 1.42. The molecule has 1 aliphatic carbocycles. The molecule has 2 heteroatoms. The standard InChI is InChI=1S/C10H14N2/c1-8-7-12-5-2-9(8)6-10(11)3-4-10/h2,5,7H,3-4,6,11H2,1H3. The van der Waals surface area contributed by atoms with E-state index in [2.05, 4.69) is 18.0 Å². The van der Waals surface area contributed by atoms with Crippen molar-refractivity contribution in [2.45, 2.75) is 31.7 Å². The van der Waals surface area contributed by atoms with Gasteiger partial charge in [-0.2, -0.15) is 0 Å². The Balaban J connectivity index is 2.17. The largest absolute Gasteiger partial charge is 0.325 e. The molecule has 0 amide bonds. The molecule has 1 aromatic rings. The Bertz CT molecular complexity index is 290. The van der Waals surface area contributed by atoms with Crippen molar-refractivity contribution in [1.82, 2.24) is 4.98 Å². The normalized spacial score (nSPS) is 19.2. The summed E-state index contributed by atoms with van der Waals surface area (Å²) in [5.74, 6) is 0. The van der Waals surface area contributed by atoms with Crippen LogP contribution in [-0.4, -0.2) is 10.5 Å². The molecule has 0 unspecified atom stereocenters. The summed E-state index contributed by atoms with van der Waals surface area (Å²) in [4.78, 5) is 4.05. The van der Waals surface area contributed by atoms with Gasteiger partial charge in [0.2, 0.25) is 0 Å². The highest BCUT2D eigenvalue weighted by Crippen LogP contribution is 2.35. The summed E-state index contributed by atoms with van der Waals surface area (Å²) < 4.78 is 0. The molecule has 0 aromatic carbocycles. The van der Waals surface area contributed by atoms with Gasteiger partial charge in [-0.3, -0.25) is 4.98 Å². The van der Waals surface area contributed by atoms with E-state index in [-0.39, 0.29) is 5.54 Å². The maximum Gasteiger partial charge on any atom is 0.0299 e. The van der Waals surface area contributed by atoms with E-state index in [1.807, 2.05) is 12.4 Å². The second-order valence-corrected chi connectivity index (χ2v) is 3.84. The highest BCUT2D eigenvalue weighted by atomic mass is 14.8. The Kier molecular flexibility index (Phi) is 1.65. The van der Waals surface area contributed by atoms with Crippen molar-refractivity contribution in [3.63, 3.8) is 0 Å². The fourth-order valence-corrected chi connectivity index (χ4v) is 1.42. The molecule has 1 aromatic heterocycles. The first-order valence-electron chi connectivity index (χ1n) is 4.38. The van der Waals surface area contributed by atoms with E-state index < -0.39 is 0 Å². The number of aromatic nitrogens is 1. The maximum absolute atomic E-state index is 6.03. The predicted molar refractivity (Wildman–Crippen MR) is 48.8 cm³/mol. The summed E-state index contributed by atoms with van der Waals surface area (Å²) in [5, 5.41) is 0. The summed E-state index contributed by atoms with van der Waals surface area (Å²) in [6.07, 6.45) is 7.11. The number of hydrogen-bond acceptors (Lipinski definition) is 2. The molecule has 64 valence electrons. The maximum atomic E-state index is 6.03. The summed E-state index contributed by atoms with van der Waals surface area (Å²) in [7, 11) is 0. The lowest BCUT2D eigenvalue weighted by Crippen LogP contribution is -2.24. The number of nitrogens with zero attached hydrogens (tertiary/aromatic N) is 1. The highest BCUT2D eigenvalue weighted by Gasteiger charge is 2.38. The summed E-state index contributed by atoms with van der Waals surface area (Å²) in [6, 6.07) is 2.07. The number of hydrogen-bond donors (Lipinski definition) is 1. The van der Waals surface area contributed by atoms with E-state index in [1.165, 1.54) is 24.0 Å². The Labute approximate surface area is 72.8 Å². The van der Waals surface area contributed by atoms with Gasteiger partial charge in [0.1, 0.15) is 0 Å². The molecule has 1 fully saturated rings. The van der Waals surface area contributed by atoms with E-state index in [0.29, 0.717) is 0 Å².